The van der Waals surface area contributed by atoms with Gasteiger partial charge in [-0.15, -0.1) is 0 Å². The minimum atomic E-state index is -0.0649. The number of nitrogens with one attached hydrogen (secondary N) is 1. The van der Waals surface area contributed by atoms with Gasteiger partial charge in [-0.05, 0) is 67.5 Å². The Balaban J connectivity index is 1.59. The molecule has 0 aliphatic heterocycles. The fraction of sp³-hybridized carbons (Fsp3) is 0.350. The smallest absolute Gasteiger partial charge is 0.258 e. The maximum absolute atomic E-state index is 12.2. The standard InChI is InChI=1S/C20H23NO2/c1-14-10-11-17(12-15(14)2)23-13-20(22)21-19-9-5-7-16-6-3-4-8-18(16)19/h3-4,6,8,10-12,19H,5,7,9,13H2,1-2H3,(H,21,22)/t19-/m0/s1. The van der Waals surface area contributed by atoms with E-state index in [1.807, 2.05) is 31.2 Å². The van der Waals surface area contributed by atoms with E-state index in [-0.39, 0.29) is 18.6 Å². The first-order valence-corrected chi connectivity index (χ1v) is 8.21. The lowest BCUT2D eigenvalue weighted by Gasteiger charge is -2.26. The topological polar surface area (TPSA) is 38.3 Å². The van der Waals surface area contributed by atoms with Gasteiger partial charge in [-0.1, -0.05) is 30.3 Å². The Hall–Kier alpha value is -2.29. The Morgan fingerprint density at radius 2 is 2.00 bits per heavy atom. The molecule has 0 bridgehead atoms. The summed E-state index contributed by atoms with van der Waals surface area (Å²) in [4.78, 5) is 12.2. The van der Waals surface area contributed by atoms with E-state index in [9.17, 15) is 4.79 Å². The van der Waals surface area contributed by atoms with Crippen molar-refractivity contribution in [2.75, 3.05) is 6.61 Å². The molecule has 0 saturated heterocycles. The minimum Gasteiger partial charge on any atom is -0.484 e. The third-order valence-corrected chi connectivity index (χ3v) is 4.55. The molecular weight excluding hydrogens is 286 g/mol. The van der Waals surface area contributed by atoms with Crippen molar-refractivity contribution in [1.29, 1.82) is 0 Å². The van der Waals surface area contributed by atoms with Crippen LogP contribution in [0.1, 0.15) is 41.1 Å². The number of aryl methyl sites for hydroxylation is 3. The van der Waals surface area contributed by atoms with Crippen LogP contribution in [0, 0.1) is 13.8 Å². The number of rotatable bonds is 4. The molecule has 1 aliphatic carbocycles. The van der Waals surface area contributed by atoms with Gasteiger partial charge in [0, 0.05) is 0 Å². The second-order valence-corrected chi connectivity index (χ2v) is 6.25. The predicted octanol–water partition coefficient (Wildman–Crippen LogP) is 3.88. The maximum Gasteiger partial charge on any atom is 0.258 e. The molecule has 3 heteroatoms. The molecule has 0 fully saturated rings. The van der Waals surface area contributed by atoms with Crippen molar-refractivity contribution in [3.8, 4) is 5.75 Å². The maximum atomic E-state index is 12.2. The van der Waals surface area contributed by atoms with Crippen molar-refractivity contribution in [2.45, 2.75) is 39.2 Å². The van der Waals surface area contributed by atoms with E-state index >= 15 is 0 Å². The third kappa shape index (κ3) is 3.73. The van der Waals surface area contributed by atoms with E-state index in [0.29, 0.717) is 0 Å². The van der Waals surface area contributed by atoms with Crippen molar-refractivity contribution < 1.29 is 9.53 Å². The number of carbonyl (C=O) groups is 1. The van der Waals surface area contributed by atoms with Crippen molar-refractivity contribution in [2.24, 2.45) is 0 Å². The highest BCUT2D eigenvalue weighted by atomic mass is 16.5. The molecule has 23 heavy (non-hydrogen) atoms. The van der Waals surface area contributed by atoms with Crippen LogP contribution < -0.4 is 10.1 Å². The van der Waals surface area contributed by atoms with Crippen LogP contribution in [0.4, 0.5) is 0 Å². The normalized spacial score (nSPS) is 16.5. The quantitative estimate of drug-likeness (QED) is 0.931. The number of ether oxygens (including phenoxy) is 1. The Morgan fingerprint density at radius 3 is 2.83 bits per heavy atom. The Bertz CT molecular complexity index is 709. The second kappa shape index (κ2) is 6.86. The summed E-state index contributed by atoms with van der Waals surface area (Å²) in [7, 11) is 0. The Kier molecular flexibility index (Phi) is 4.65. The lowest BCUT2D eigenvalue weighted by atomic mass is 9.88. The average molecular weight is 309 g/mol. The molecule has 1 aliphatic rings. The predicted molar refractivity (Wildman–Crippen MR) is 91.7 cm³/mol. The van der Waals surface area contributed by atoms with Crippen LogP contribution in [0.5, 0.6) is 5.75 Å². The Labute approximate surface area is 137 Å². The molecule has 1 N–H and O–H groups in total. The molecule has 0 aromatic heterocycles. The molecule has 0 radical (unpaired) electrons. The number of amides is 1. The molecule has 0 heterocycles. The zero-order valence-electron chi connectivity index (χ0n) is 13.8. The van der Waals surface area contributed by atoms with Crippen LogP contribution in [0.15, 0.2) is 42.5 Å². The van der Waals surface area contributed by atoms with E-state index in [0.717, 1.165) is 25.0 Å². The fourth-order valence-electron chi connectivity index (χ4n) is 3.09. The van der Waals surface area contributed by atoms with Gasteiger partial charge in [0.25, 0.3) is 5.91 Å². The molecule has 1 atom stereocenters. The summed E-state index contributed by atoms with van der Waals surface area (Å²) in [6.45, 7) is 4.16. The molecule has 0 unspecified atom stereocenters. The van der Waals surface area contributed by atoms with Crippen molar-refractivity contribution in [3.05, 3.63) is 64.7 Å². The summed E-state index contributed by atoms with van der Waals surface area (Å²) in [6, 6.07) is 14.4. The van der Waals surface area contributed by atoms with Crippen LogP contribution in [0.25, 0.3) is 0 Å². The molecule has 120 valence electrons. The van der Waals surface area contributed by atoms with E-state index < -0.39 is 0 Å². The first-order chi connectivity index (χ1) is 11.1. The number of benzene rings is 2. The first kappa shape index (κ1) is 15.6. The number of fused-ring (bicyclic) bond motifs is 1. The fourth-order valence-corrected chi connectivity index (χ4v) is 3.09. The molecule has 3 rings (SSSR count). The zero-order valence-corrected chi connectivity index (χ0v) is 13.8. The third-order valence-electron chi connectivity index (χ3n) is 4.55. The first-order valence-electron chi connectivity index (χ1n) is 8.21. The highest BCUT2D eigenvalue weighted by Gasteiger charge is 2.21. The summed E-state index contributed by atoms with van der Waals surface area (Å²) in [5, 5.41) is 3.11. The summed E-state index contributed by atoms with van der Waals surface area (Å²) in [6.07, 6.45) is 3.20. The largest absolute Gasteiger partial charge is 0.484 e. The van der Waals surface area contributed by atoms with Gasteiger partial charge in [0.2, 0.25) is 0 Å². The van der Waals surface area contributed by atoms with Crippen molar-refractivity contribution in [1.82, 2.24) is 5.32 Å². The lowest BCUT2D eigenvalue weighted by Crippen LogP contribution is -2.34. The van der Waals surface area contributed by atoms with Crippen LogP contribution in [0.3, 0.4) is 0 Å². The monoisotopic (exact) mass is 309 g/mol. The van der Waals surface area contributed by atoms with Gasteiger partial charge in [-0.25, -0.2) is 0 Å². The van der Waals surface area contributed by atoms with Gasteiger partial charge < -0.3 is 10.1 Å². The van der Waals surface area contributed by atoms with E-state index in [4.69, 9.17) is 4.74 Å². The molecule has 2 aromatic rings. The second-order valence-electron chi connectivity index (χ2n) is 6.25. The summed E-state index contributed by atoms with van der Waals surface area (Å²) >= 11 is 0. The van der Waals surface area contributed by atoms with Crippen LogP contribution >= 0.6 is 0 Å². The molecule has 0 saturated carbocycles. The van der Waals surface area contributed by atoms with Crippen LogP contribution in [-0.4, -0.2) is 12.5 Å². The van der Waals surface area contributed by atoms with E-state index in [1.165, 1.54) is 22.3 Å². The van der Waals surface area contributed by atoms with Crippen molar-refractivity contribution >= 4 is 5.91 Å². The summed E-state index contributed by atoms with van der Waals surface area (Å²) in [5.74, 6) is 0.678. The highest BCUT2D eigenvalue weighted by molar-refractivity contribution is 5.78. The number of hydrogen-bond acceptors (Lipinski definition) is 2. The molecule has 3 nitrogen and oxygen atoms in total. The van der Waals surface area contributed by atoms with Gasteiger partial charge >= 0.3 is 0 Å². The Morgan fingerprint density at radius 1 is 1.17 bits per heavy atom. The highest BCUT2D eigenvalue weighted by Crippen LogP contribution is 2.29. The molecule has 0 spiro atoms. The molecule has 1 amide bonds. The van der Waals surface area contributed by atoms with E-state index in [2.05, 4.69) is 30.4 Å². The number of carbonyl (C=O) groups excluding carboxylic acids is 1. The summed E-state index contributed by atoms with van der Waals surface area (Å²) < 4.78 is 5.62. The SMILES string of the molecule is Cc1ccc(OCC(=O)N[C@H]2CCCc3ccccc32)cc1C. The molecular formula is C20H23NO2. The van der Waals surface area contributed by atoms with E-state index in [1.54, 1.807) is 0 Å². The minimum absolute atomic E-state index is 0.0567. The molecule has 2 aromatic carbocycles. The van der Waals surface area contributed by atoms with Gasteiger partial charge in [0.05, 0.1) is 6.04 Å². The van der Waals surface area contributed by atoms with Gasteiger partial charge in [0.15, 0.2) is 6.61 Å². The van der Waals surface area contributed by atoms with Gasteiger partial charge in [0.1, 0.15) is 5.75 Å². The van der Waals surface area contributed by atoms with Crippen molar-refractivity contribution in [3.63, 3.8) is 0 Å². The van der Waals surface area contributed by atoms with Gasteiger partial charge in [-0.2, -0.15) is 0 Å². The zero-order chi connectivity index (χ0) is 16.2. The van der Waals surface area contributed by atoms with Crippen LogP contribution in [0.2, 0.25) is 0 Å². The van der Waals surface area contributed by atoms with Gasteiger partial charge in [-0.3, -0.25) is 4.79 Å². The summed E-state index contributed by atoms with van der Waals surface area (Å²) in [5.41, 5.74) is 4.99. The van der Waals surface area contributed by atoms with Crippen LogP contribution in [-0.2, 0) is 11.2 Å². The lowest BCUT2D eigenvalue weighted by molar-refractivity contribution is -0.123. The average Bonchev–Trinajstić information content (AvgIpc) is 2.56. The number of hydrogen-bond donors (Lipinski definition) is 1.